The van der Waals surface area contributed by atoms with Gasteiger partial charge >= 0.3 is 6.18 Å². The van der Waals surface area contributed by atoms with Gasteiger partial charge in [-0.1, -0.05) is 18.5 Å². The molecule has 1 rings (SSSR count). The van der Waals surface area contributed by atoms with Crippen molar-refractivity contribution in [2.75, 3.05) is 6.61 Å². The van der Waals surface area contributed by atoms with Crippen LogP contribution in [0.5, 0.6) is 0 Å². The largest absolute Gasteiger partial charge is 0.418 e. The second kappa shape index (κ2) is 6.61. The van der Waals surface area contributed by atoms with E-state index in [4.69, 9.17) is 16.4 Å². The molecule has 1 aromatic rings. The van der Waals surface area contributed by atoms with Crippen molar-refractivity contribution in [2.24, 2.45) is 4.99 Å². The van der Waals surface area contributed by atoms with Crippen LogP contribution in [0.15, 0.2) is 23.2 Å². The second-order valence-corrected chi connectivity index (χ2v) is 3.82. The highest BCUT2D eigenvalue weighted by Crippen LogP contribution is 2.37. The minimum atomic E-state index is -4.50. The molecule has 3 nitrogen and oxygen atoms in total. The van der Waals surface area contributed by atoms with E-state index in [9.17, 15) is 13.2 Å². The highest BCUT2D eigenvalue weighted by Gasteiger charge is 2.33. The summed E-state index contributed by atoms with van der Waals surface area (Å²) in [7, 11) is 0. The molecule has 7 heteroatoms. The van der Waals surface area contributed by atoms with Crippen LogP contribution in [0.2, 0.25) is 5.02 Å². The molecule has 100 valence electrons. The normalized spacial score (nSPS) is 12.1. The Kier molecular flexibility index (Phi) is 5.43. The van der Waals surface area contributed by atoms with Crippen molar-refractivity contribution in [3.8, 4) is 0 Å². The molecule has 0 saturated carbocycles. The molecule has 0 aliphatic rings. The Morgan fingerprint density at radius 3 is 2.78 bits per heavy atom. The van der Waals surface area contributed by atoms with Crippen molar-refractivity contribution in [3.63, 3.8) is 0 Å². The molecule has 0 saturated heterocycles. The molecule has 0 aromatic heterocycles. The molecule has 0 unspecified atom stereocenters. The number of rotatable bonds is 5. The summed E-state index contributed by atoms with van der Waals surface area (Å²) in [6.07, 6.45) is -2.65. The van der Waals surface area contributed by atoms with Gasteiger partial charge in [-0.05, 0) is 24.6 Å². The Morgan fingerprint density at radius 1 is 1.44 bits per heavy atom. The number of benzene rings is 1. The van der Waals surface area contributed by atoms with Gasteiger partial charge in [-0.25, -0.2) is 4.99 Å². The molecule has 1 aromatic carbocycles. The molecule has 0 bridgehead atoms. The predicted octanol–water partition coefficient (Wildman–Crippen LogP) is 3.95. The van der Waals surface area contributed by atoms with Crippen LogP contribution >= 0.6 is 11.6 Å². The van der Waals surface area contributed by atoms with Gasteiger partial charge in [0.15, 0.2) is 0 Å². The average Bonchev–Trinajstić information content (AvgIpc) is 2.29. The van der Waals surface area contributed by atoms with E-state index < -0.39 is 11.7 Å². The van der Waals surface area contributed by atoms with Gasteiger partial charge in [0.2, 0.25) is 0 Å². The van der Waals surface area contributed by atoms with Crippen molar-refractivity contribution in [1.82, 2.24) is 5.48 Å². The monoisotopic (exact) mass is 280 g/mol. The fraction of sp³-hybridized carbons (Fsp3) is 0.364. The fourth-order valence-electron chi connectivity index (χ4n) is 1.14. The predicted molar refractivity (Wildman–Crippen MR) is 64.0 cm³/mol. The van der Waals surface area contributed by atoms with Crippen LogP contribution in [0.25, 0.3) is 0 Å². The first-order valence-corrected chi connectivity index (χ1v) is 5.59. The number of hydrogen-bond donors (Lipinski definition) is 1. The van der Waals surface area contributed by atoms with E-state index in [0.29, 0.717) is 6.61 Å². The standard InChI is InChI=1S/C11H12ClF3N2O/c1-2-5-18-17-7-16-10-4-3-8(12)6-9(10)11(13,14)15/h3-4,6-7H,2,5H2,1H3,(H,16,17). The molecule has 0 amide bonds. The van der Waals surface area contributed by atoms with Gasteiger partial charge in [0.1, 0.15) is 6.34 Å². The van der Waals surface area contributed by atoms with E-state index in [1.54, 1.807) is 0 Å². The molecule has 0 fully saturated rings. The summed E-state index contributed by atoms with van der Waals surface area (Å²) < 4.78 is 38.0. The van der Waals surface area contributed by atoms with Crippen LogP contribution in [0.4, 0.5) is 18.9 Å². The number of halogens is 4. The van der Waals surface area contributed by atoms with Crippen LogP contribution in [-0.4, -0.2) is 12.9 Å². The Bertz CT molecular complexity index is 421. The molecular weight excluding hydrogens is 269 g/mol. The minimum absolute atomic E-state index is 0.0106. The molecule has 0 spiro atoms. The van der Waals surface area contributed by atoms with Gasteiger partial charge < -0.3 is 0 Å². The smallest absolute Gasteiger partial charge is 0.275 e. The lowest BCUT2D eigenvalue weighted by molar-refractivity contribution is -0.137. The maximum atomic E-state index is 12.7. The maximum absolute atomic E-state index is 12.7. The Morgan fingerprint density at radius 2 is 2.17 bits per heavy atom. The number of nitrogens with zero attached hydrogens (tertiary/aromatic N) is 1. The minimum Gasteiger partial charge on any atom is -0.275 e. The lowest BCUT2D eigenvalue weighted by Gasteiger charge is -2.10. The molecule has 0 aliphatic carbocycles. The number of alkyl halides is 3. The third-order valence-corrected chi connectivity index (χ3v) is 2.14. The lowest BCUT2D eigenvalue weighted by atomic mass is 10.2. The number of aliphatic imine (C=N–C) groups is 1. The molecule has 0 radical (unpaired) electrons. The summed E-state index contributed by atoms with van der Waals surface area (Å²) in [5, 5.41) is 0.0106. The third-order valence-electron chi connectivity index (χ3n) is 1.91. The van der Waals surface area contributed by atoms with Gasteiger partial charge in [0.05, 0.1) is 17.9 Å². The van der Waals surface area contributed by atoms with E-state index in [-0.39, 0.29) is 10.7 Å². The maximum Gasteiger partial charge on any atom is 0.418 e. The van der Waals surface area contributed by atoms with Crippen LogP contribution in [0, 0.1) is 0 Å². The van der Waals surface area contributed by atoms with Gasteiger partial charge in [0.25, 0.3) is 0 Å². The van der Waals surface area contributed by atoms with Gasteiger partial charge in [0, 0.05) is 5.02 Å². The average molecular weight is 281 g/mol. The summed E-state index contributed by atoms with van der Waals surface area (Å²) in [4.78, 5) is 8.49. The SMILES string of the molecule is CCCONC=Nc1ccc(Cl)cc1C(F)(F)F. The molecule has 0 atom stereocenters. The van der Waals surface area contributed by atoms with Crippen molar-refractivity contribution in [3.05, 3.63) is 28.8 Å². The fourth-order valence-corrected chi connectivity index (χ4v) is 1.31. The van der Waals surface area contributed by atoms with Crippen LogP contribution in [0.1, 0.15) is 18.9 Å². The van der Waals surface area contributed by atoms with Crippen molar-refractivity contribution < 1.29 is 18.0 Å². The Hall–Kier alpha value is -1.27. The van der Waals surface area contributed by atoms with E-state index in [2.05, 4.69) is 10.5 Å². The summed E-state index contributed by atoms with van der Waals surface area (Å²) >= 11 is 5.53. The number of nitrogens with one attached hydrogen (secondary N) is 1. The summed E-state index contributed by atoms with van der Waals surface area (Å²) in [6.45, 7) is 2.35. The second-order valence-electron chi connectivity index (χ2n) is 3.38. The topological polar surface area (TPSA) is 33.6 Å². The van der Waals surface area contributed by atoms with Gasteiger partial charge in [-0.15, -0.1) is 0 Å². The highest BCUT2D eigenvalue weighted by atomic mass is 35.5. The summed E-state index contributed by atoms with van der Waals surface area (Å²) in [6, 6.07) is 3.38. The molecular formula is C11H12ClF3N2O. The van der Waals surface area contributed by atoms with Crippen molar-refractivity contribution in [1.29, 1.82) is 0 Å². The van der Waals surface area contributed by atoms with Crippen molar-refractivity contribution in [2.45, 2.75) is 19.5 Å². The molecule has 0 aliphatic heterocycles. The van der Waals surface area contributed by atoms with Gasteiger partial charge in [-0.2, -0.15) is 13.2 Å². The van der Waals surface area contributed by atoms with Crippen LogP contribution in [-0.2, 0) is 11.0 Å². The van der Waals surface area contributed by atoms with Gasteiger partial charge in [-0.3, -0.25) is 10.3 Å². The Balaban J connectivity index is 2.82. The van der Waals surface area contributed by atoms with Crippen LogP contribution in [0.3, 0.4) is 0 Å². The zero-order chi connectivity index (χ0) is 13.6. The highest BCUT2D eigenvalue weighted by molar-refractivity contribution is 6.30. The first-order valence-electron chi connectivity index (χ1n) is 5.21. The first kappa shape index (κ1) is 14.8. The molecule has 18 heavy (non-hydrogen) atoms. The molecule has 0 heterocycles. The third kappa shape index (κ3) is 4.54. The first-order chi connectivity index (χ1) is 8.45. The number of hydrogen-bond acceptors (Lipinski definition) is 2. The van der Waals surface area contributed by atoms with E-state index in [1.807, 2.05) is 6.92 Å². The van der Waals surface area contributed by atoms with E-state index in [0.717, 1.165) is 18.8 Å². The lowest BCUT2D eigenvalue weighted by Crippen LogP contribution is -2.12. The Labute approximate surface area is 108 Å². The summed E-state index contributed by atoms with van der Waals surface area (Å²) in [5.74, 6) is 0. The van der Waals surface area contributed by atoms with Crippen LogP contribution < -0.4 is 5.48 Å². The van der Waals surface area contributed by atoms with E-state index in [1.165, 1.54) is 12.1 Å². The zero-order valence-electron chi connectivity index (χ0n) is 9.59. The zero-order valence-corrected chi connectivity index (χ0v) is 10.3. The van der Waals surface area contributed by atoms with E-state index >= 15 is 0 Å². The van der Waals surface area contributed by atoms with Crippen molar-refractivity contribution >= 4 is 23.6 Å². The molecule has 1 N–H and O–H groups in total. The summed E-state index contributed by atoms with van der Waals surface area (Å²) in [5.41, 5.74) is 1.23. The quantitative estimate of drug-likeness (QED) is 0.383. The number of hydroxylamine groups is 1.